The van der Waals surface area contributed by atoms with Crippen molar-refractivity contribution in [3.8, 4) is 0 Å². The Morgan fingerprint density at radius 2 is 1.57 bits per heavy atom. The lowest BCUT2D eigenvalue weighted by molar-refractivity contribution is 0.253. The van der Waals surface area contributed by atoms with Crippen molar-refractivity contribution in [2.24, 2.45) is 0 Å². The van der Waals surface area contributed by atoms with Crippen molar-refractivity contribution in [1.82, 2.24) is 5.32 Å². The quantitative estimate of drug-likeness (QED) is 0.516. The average Bonchev–Trinajstić information content (AvgIpc) is 2.54. The van der Waals surface area contributed by atoms with Gasteiger partial charge in [0.2, 0.25) is 0 Å². The summed E-state index contributed by atoms with van der Waals surface area (Å²) in [4.78, 5) is 0. The van der Waals surface area contributed by atoms with Crippen molar-refractivity contribution in [3.63, 3.8) is 0 Å². The Kier molecular flexibility index (Phi) is 8.68. The molecule has 0 aromatic heterocycles. The van der Waals surface area contributed by atoms with Crippen molar-refractivity contribution in [3.05, 3.63) is 35.9 Å². The van der Waals surface area contributed by atoms with E-state index in [9.17, 15) is 0 Å². The average molecular weight is 290 g/mol. The third-order valence-electron chi connectivity index (χ3n) is 5.01. The molecule has 1 unspecified atom stereocenters. The molecule has 1 nitrogen and oxygen atoms in total. The second kappa shape index (κ2) is 10.00. The minimum absolute atomic E-state index is 0.282. The molecule has 120 valence electrons. The van der Waals surface area contributed by atoms with Crippen molar-refractivity contribution < 1.29 is 0 Å². The maximum absolute atomic E-state index is 3.87. The zero-order valence-electron chi connectivity index (χ0n) is 14.6. The van der Waals surface area contributed by atoms with Gasteiger partial charge in [0.25, 0.3) is 0 Å². The molecule has 1 aromatic rings. The standard InChI is InChI=1S/C20H35N/c1-5-9-11-16-19(21-17-6-2)20(7-3,8-4)18-14-12-10-13-15-18/h10,12-15,19,21H,5-9,11,16-17H2,1-4H3. The first-order chi connectivity index (χ1) is 10.2. The first-order valence-corrected chi connectivity index (χ1v) is 9.04. The topological polar surface area (TPSA) is 12.0 Å². The highest BCUT2D eigenvalue weighted by Gasteiger charge is 2.36. The summed E-state index contributed by atoms with van der Waals surface area (Å²) < 4.78 is 0. The van der Waals surface area contributed by atoms with Crippen LogP contribution in [0.3, 0.4) is 0 Å². The van der Waals surface area contributed by atoms with Gasteiger partial charge in [-0.05, 0) is 37.8 Å². The Bertz CT molecular complexity index is 353. The lowest BCUT2D eigenvalue weighted by atomic mass is 9.68. The predicted molar refractivity (Wildman–Crippen MR) is 94.9 cm³/mol. The van der Waals surface area contributed by atoms with Gasteiger partial charge in [0.05, 0.1) is 0 Å². The minimum Gasteiger partial charge on any atom is -0.313 e. The summed E-state index contributed by atoms with van der Waals surface area (Å²) in [5, 5.41) is 3.87. The van der Waals surface area contributed by atoms with Gasteiger partial charge in [-0.3, -0.25) is 0 Å². The van der Waals surface area contributed by atoms with E-state index < -0.39 is 0 Å². The van der Waals surface area contributed by atoms with Crippen LogP contribution in [0.4, 0.5) is 0 Å². The fraction of sp³-hybridized carbons (Fsp3) is 0.700. The number of nitrogens with one attached hydrogen (secondary N) is 1. The summed E-state index contributed by atoms with van der Waals surface area (Å²) in [7, 11) is 0. The van der Waals surface area contributed by atoms with Crippen LogP contribution in [0.5, 0.6) is 0 Å². The number of rotatable bonds is 11. The molecule has 1 N–H and O–H groups in total. The molecule has 21 heavy (non-hydrogen) atoms. The summed E-state index contributed by atoms with van der Waals surface area (Å²) >= 11 is 0. The Morgan fingerprint density at radius 3 is 2.10 bits per heavy atom. The fourth-order valence-electron chi connectivity index (χ4n) is 3.61. The molecule has 0 fully saturated rings. The molecule has 1 heteroatoms. The summed E-state index contributed by atoms with van der Waals surface area (Å²) in [6.07, 6.45) is 8.92. The molecule has 1 rings (SSSR count). The van der Waals surface area contributed by atoms with Crippen LogP contribution < -0.4 is 5.32 Å². The molecule has 1 atom stereocenters. The Balaban J connectivity index is 2.99. The molecular weight excluding hydrogens is 254 g/mol. The van der Waals surface area contributed by atoms with Crippen LogP contribution in [0.15, 0.2) is 30.3 Å². The normalized spacial score (nSPS) is 13.3. The molecule has 0 aliphatic heterocycles. The zero-order valence-corrected chi connectivity index (χ0v) is 14.6. The van der Waals surface area contributed by atoms with E-state index in [1.165, 1.54) is 50.5 Å². The zero-order chi connectivity index (χ0) is 15.6. The van der Waals surface area contributed by atoms with E-state index in [1.54, 1.807) is 0 Å². The molecule has 0 aliphatic carbocycles. The summed E-state index contributed by atoms with van der Waals surface area (Å²) in [6, 6.07) is 11.8. The van der Waals surface area contributed by atoms with E-state index in [1.807, 2.05) is 0 Å². The number of unbranched alkanes of at least 4 members (excludes halogenated alkanes) is 2. The van der Waals surface area contributed by atoms with Gasteiger partial charge in [-0.25, -0.2) is 0 Å². The largest absolute Gasteiger partial charge is 0.313 e. The molecule has 0 spiro atoms. The Hall–Kier alpha value is -0.820. The molecular formula is C20H35N. The fourth-order valence-corrected chi connectivity index (χ4v) is 3.61. The van der Waals surface area contributed by atoms with E-state index >= 15 is 0 Å². The highest BCUT2D eigenvalue weighted by molar-refractivity contribution is 5.27. The van der Waals surface area contributed by atoms with Gasteiger partial charge in [0, 0.05) is 11.5 Å². The SMILES string of the molecule is CCCCCC(NCCC)C(CC)(CC)c1ccccc1. The van der Waals surface area contributed by atoms with Crippen molar-refractivity contribution in [2.45, 2.75) is 84.1 Å². The monoisotopic (exact) mass is 289 g/mol. The number of hydrogen-bond acceptors (Lipinski definition) is 1. The lowest BCUT2D eigenvalue weighted by Gasteiger charge is -2.41. The maximum atomic E-state index is 3.87. The van der Waals surface area contributed by atoms with Crippen LogP contribution in [0.2, 0.25) is 0 Å². The minimum atomic E-state index is 0.282. The Morgan fingerprint density at radius 1 is 0.905 bits per heavy atom. The third kappa shape index (κ3) is 4.85. The molecule has 0 aliphatic rings. The van der Waals surface area contributed by atoms with E-state index in [0.717, 1.165) is 6.54 Å². The van der Waals surface area contributed by atoms with Gasteiger partial charge in [0.1, 0.15) is 0 Å². The highest BCUT2D eigenvalue weighted by atomic mass is 14.9. The van der Waals surface area contributed by atoms with E-state index in [4.69, 9.17) is 0 Å². The van der Waals surface area contributed by atoms with Gasteiger partial charge >= 0.3 is 0 Å². The van der Waals surface area contributed by atoms with Crippen LogP contribution in [0.1, 0.15) is 78.2 Å². The summed E-state index contributed by atoms with van der Waals surface area (Å²) in [6.45, 7) is 10.4. The molecule has 0 heterocycles. The van der Waals surface area contributed by atoms with Crippen molar-refractivity contribution in [2.75, 3.05) is 6.54 Å². The van der Waals surface area contributed by atoms with Crippen LogP contribution in [-0.2, 0) is 5.41 Å². The molecule has 0 radical (unpaired) electrons. The van der Waals surface area contributed by atoms with E-state index in [-0.39, 0.29) is 5.41 Å². The first-order valence-electron chi connectivity index (χ1n) is 9.04. The summed E-state index contributed by atoms with van der Waals surface area (Å²) in [5.74, 6) is 0. The molecule has 0 bridgehead atoms. The van der Waals surface area contributed by atoms with Gasteiger partial charge in [-0.15, -0.1) is 0 Å². The molecule has 0 amide bonds. The first kappa shape index (κ1) is 18.2. The van der Waals surface area contributed by atoms with Gasteiger partial charge < -0.3 is 5.32 Å². The second-order valence-electron chi connectivity index (χ2n) is 6.23. The van der Waals surface area contributed by atoms with Gasteiger partial charge in [-0.2, -0.15) is 0 Å². The highest BCUT2D eigenvalue weighted by Crippen LogP contribution is 2.37. The lowest BCUT2D eigenvalue weighted by Crippen LogP contribution is -2.48. The number of hydrogen-bond donors (Lipinski definition) is 1. The van der Waals surface area contributed by atoms with Crippen molar-refractivity contribution >= 4 is 0 Å². The second-order valence-corrected chi connectivity index (χ2v) is 6.23. The van der Waals surface area contributed by atoms with Crippen molar-refractivity contribution in [1.29, 1.82) is 0 Å². The van der Waals surface area contributed by atoms with Crippen LogP contribution in [0.25, 0.3) is 0 Å². The molecule has 1 aromatic carbocycles. The molecule has 0 saturated carbocycles. The van der Waals surface area contributed by atoms with Crippen LogP contribution in [0, 0.1) is 0 Å². The van der Waals surface area contributed by atoms with Gasteiger partial charge in [-0.1, -0.05) is 77.3 Å². The maximum Gasteiger partial charge on any atom is 0.0164 e. The van der Waals surface area contributed by atoms with E-state index in [2.05, 4.69) is 63.3 Å². The van der Waals surface area contributed by atoms with Crippen LogP contribution >= 0.6 is 0 Å². The van der Waals surface area contributed by atoms with Gasteiger partial charge in [0.15, 0.2) is 0 Å². The van der Waals surface area contributed by atoms with Crippen LogP contribution in [-0.4, -0.2) is 12.6 Å². The Labute approximate surface area is 132 Å². The molecule has 0 saturated heterocycles. The van der Waals surface area contributed by atoms with E-state index in [0.29, 0.717) is 6.04 Å². The predicted octanol–water partition coefficient (Wildman–Crippen LogP) is 5.69. The summed E-state index contributed by atoms with van der Waals surface area (Å²) in [5.41, 5.74) is 1.80. The third-order valence-corrected chi connectivity index (χ3v) is 5.01. The number of benzene rings is 1. The smallest absolute Gasteiger partial charge is 0.0164 e.